The van der Waals surface area contributed by atoms with Gasteiger partial charge in [0.05, 0.1) is 0 Å². The van der Waals surface area contributed by atoms with Gasteiger partial charge in [0.1, 0.15) is 0 Å². The number of fused-ring (bicyclic) bond motifs is 1. The summed E-state index contributed by atoms with van der Waals surface area (Å²) in [6.07, 6.45) is 0.695. The SMILES string of the molecule is CC(C(=O)c1ccccc1)C(c1ccccc1)C1Cc2ccccc2C1=O. The van der Waals surface area contributed by atoms with Crippen LogP contribution in [0.15, 0.2) is 84.9 Å². The normalized spacial score (nSPS) is 18.0. The molecule has 2 nitrogen and oxygen atoms in total. The van der Waals surface area contributed by atoms with E-state index in [0.29, 0.717) is 12.0 Å². The molecule has 0 aliphatic heterocycles. The average Bonchev–Trinajstić information content (AvgIpc) is 3.05. The van der Waals surface area contributed by atoms with Crippen LogP contribution in [0.2, 0.25) is 0 Å². The molecule has 2 heteroatoms. The second kappa shape index (κ2) is 7.32. The van der Waals surface area contributed by atoms with Crippen molar-refractivity contribution in [2.24, 2.45) is 11.8 Å². The summed E-state index contributed by atoms with van der Waals surface area (Å²) in [4.78, 5) is 26.3. The Morgan fingerprint density at radius 1 is 0.852 bits per heavy atom. The van der Waals surface area contributed by atoms with Crippen molar-refractivity contribution in [3.63, 3.8) is 0 Å². The van der Waals surface area contributed by atoms with Crippen LogP contribution in [-0.4, -0.2) is 11.6 Å². The summed E-state index contributed by atoms with van der Waals surface area (Å²) in [5, 5.41) is 0. The number of rotatable bonds is 5. The predicted molar refractivity (Wildman–Crippen MR) is 107 cm³/mol. The van der Waals surface area contributed by atoms with Gasteiger partial charge >= 0.3 is 0 Å². The first kappa shape index (κ1) is 17.4. The summed E-state index contributed by atoms with van der Waals surface area (Å²) in [6.45, 7) is 1.96. The van der Waals surface area contributed by atoms with Crippen LogP contribution >= 0.6 is 0 Å². The van der Waals surface area contributed by atoms with Crippen LogP contribution in [-0.2, 0) is 6.42 Å². The van der Waals surface area contributed by atoms with Crippen molar-refractivity contribution in [2.75, 3.05) is 0 Å². The van der Waals surface area contributed by atoms with Crippen LogP contribution in [0, 0.1) is 11.8 Å². The highest BCUT2D eigenvalue weighted by atomic mass is 16.1. The zero-order valence-electron chi connectivity index (χ0n) is 15.3. The average molecular weight is 354 g/mol. The van der Waals surface area contributed by atoms with Crippen molar-refractivity contribution < 1.29 is 9.59 Å². The second-order valence-corrected chi connectivity index (χ2v) is 7.29. The molecule has 134 valence electrons. The number of hydrogen-bond donors (Lipinski definition) is 0. The highest BCUT2D eigenvalue weighted by molar-refractivity contribution is 6.04. The van der Waals surface area contributed by atoms with Crippen LogP contribution in [0.25, 0.3) is 0 Å². The Morgan fingerprint density at radius 3 is 2.11 bits per heavy atom. The molecule has 3 aromatic carbocycles. The fraction of sp³-hybridized carbons (Fsp3) is 0.200. The van der Waals surface area contributed by atoms with Gasteiger partial charge in [-0.25, -0.2) is 0 Å². The largest absolute Gasteiger partial charge is 0.294 e. The molecule has 1 aliphatic carbocycles. The molecular weight excluding hydrogens is 332 g/mol. The van der Waals surface area contributed by atoms with Crippen molar-refractivity contribution in [1.29, 1.82) is 0 Å². The Hall–Kier alpha value is -3.00. The molecule has 0 saturated heterocycles. The number of carbonyl (C=O) groups is 2. The Kier molecular flexibility index (Phi) is 4.72. The lowest BCUT2D eigenvalue weighted by Crippen LogP contribution is -2.29. The van der Waals surface area contributed by atoms with Gasteiger partial charge in [-0.05, 0) is 17.5 Å². The van der Waals surface area contributed by atoms with Gasteiger partial charge in [0.2, 0.25) is 0 Å². The maximum atomic E-state index is 13.2. The summed E-state index contributed by atoms with van der Waals surface area (Å²) in [6, 6.07) is 27.2. The van der Waals surface area contributed by atoms with E-state index in [2.05, 4.69) is 0 Å². The number of carbonyl (C=O) groups excluding carboxylic acids is 2. The lowest BCUT2D eigenvalue weighted by Gasteiger charge is -2.28. The Morgan fingerprint density at radius 2 is 1.44 bits per heavy atom. The fourth-order valence-corrected chi connectivity index (χ4v) is 4.33. The van der Waals surface area contributed by atoms with Crippen LogP contribution < -0.4 is 0 Å². The third-order valence-electron chi connectivity index (χ3n) is 5.69. The van der Waals surface area contributed by atoms with Crippen LogP contribution in [0.1, 0.15) is 44.7 Å². The minimum Gasteiger partial charge on any atom is -0.294 e. The van der Waals surface area contributed by atoms with Crippen molar-refractivity contribution in [3.05, 3.63) is 107 Å². The summed E-state index contributed by atoms with van der Waals surface area (Å²) in [5.74, 6) is -0.371. The van der Waals surface area contributed by atoms with E-state index >= 15 is 0 Å². The van der Waals surface area contributed by atoms with Gasteiger partial charge in [0.15, 0.2) is 11.6 Å². The van der Waals surface area contributed by atoms with Crippen molar-refractivity contribution in [3.8, 4) is 0 Å². The predicted octanol–water partition coefficient (Wildman–Crippen LogP) is 5.34. The van der Waals surface area contributed by atoms with E-state index in [1.54, 1.807) is 0 Å². The highest BCUT2D eigenvalue weighted by Crippen LogP contribution is 2.41. The topological polar surface area (TPSA) is 34.1 Å². The Bertz CT molecular complexity index is 960. The number of benzene rings is 3. The highest BCUT2D eigenvalue weighted by Gasteiger charge is 2.41. The van der Waals surface area contributed by atoms with E-state index in [1.165, 1.54) is 0 Å². The third-order valence-corrected chi connectivity index (χ3v) is 5.69. The summed E-state index contributed by atoms with van der Waals surface area (Å²) in [5.41, 5.74) is 3.66. The molecule has 27 heavy (non-hydrogen) atoms. The molecule has 0 heterocycles. The zero-order chi connectivity index (χ0) is 18.8. The molecular formula is C25H22O2. The molecule has 0 bridgehead atoms. The first-order valence-electron chi connectivity index (χ1n) is 9.43. The third kappa shape index (κ3) is 3.23. The van der Waals surface area contributed by atoms with Crippen LogP contribution in [0.3, 0.4) is 0 Å². The molecule has 0 fully saturated rings. The molecule has 1 aliphatic rings. The summed E-state index contributed by atoms with van der Waals surface area (Å²) >= 11 is 0. The van der Waals surface area contributed by atoms with Gasteiger partial charge in [-0.3, -0.25) is 9.59 Å². The number of hydrogen-bond acceptors (Lipinski definition) is 2. The minimum absolute atomic E-state index is 0.0909. The molecule has 3 unspecified atom stereocenters. The molecule has 3 aromatic rings. The molecule has 0 aromatic heterocycles. The van der Waals surface area contributed by atoms with Crippen molar-refractivity contribution in [1.82, 2.24) is 0 Å². The van der Waals surface area contributed by atoms with Gasteiger partial charge in [0.25, 0.3) is 0 Å². The van der Waals surface area contributed by atoms with Crippen molar-refractivity contribution in [2.45, 2.75) is 19.3 Å². The lowest BCUT2D eigenvalue weighted by molar-refractivity contribution is 0.0839. The van der Waals surface area contributed by atoms with Gasteiger partial charge in [-0.2, -0.15) is 0 Å². The number of ketones is 2. The van der Waals surface area contributed by atoms with E-state index in [9.17, 15) is 9.59 Å². The summed E-state index contributed by atoms with van der Waals surface area (Å²) < 4.78 is 0. The van der Waals surface area contributed by atoms with E-state index in [4.69, 9.17) is 0 Å². The van der Waals surface area contributed by atoms with E-state index in [0.717, 1.165) is 16.7 Å². The molecule has 0 amide bonds. The molecule has 0 radical (unpaired) electrons. The van der Waals surface area contributed by atoms with Crippen LogP contribution in [0.5, 0.6) is 0 Å². The van der Waals surface area contributed by atoms with Gasteiger partial charge in [0, 0.05) is 28.9 Å². The smallest absolute Gasteiger partial charge is 0.167 e. The lowest BCUT2D eigenvalue weighted by atomic mass is 9.73. The van der Waals surface area contributed by atoms with E-state index in [-0.39, 0.29) is 29.3 Å². The van der Waals surface area contributed by atoms with Crippen molar-refractivity contribution >= 4 is 11.6 Å². The standard InChI is InChI=1S/C25H22O2/c1-17(24(26)19-12-6-3-7-13-19)23(18-10-4-2-5-11-18)22-16-20-14-8-9-15-21(20)25(22)27/h2-15,17,22-23H,16H2,1H3. The first-order chi connectivity index (χ1) is 13.2. The second-order valence-electron chi connectivity index (χ2n) is 7.29. The summed E-state index contributed by atoms with van der Waals surface area (Å²) in [7, 11) is 0. The molecule has 0 spiro atoms. The molecule has 4 rings (SSSR count). The maximum absolute atomic E-state index is 13.2. The van der Waals surface area contributed by atoms with Gasteiger partial charge in [-0.1, -0.05) is 91.9 Å². The molecule has 0 saturated carbocycles. The first-order valence-corrected chi connectivity index (χ1v) is 9.43. The van der Waals surface area contributed by atoms with Gasteiger partial charge in [-0.15, -0.1) is 0 Å². The molecule has 0 N–H and O–H groups in total. The van der Waals surface area contributed by atoms with Gasteiger partial charge < -0.3 is 0 Å². The minimum atomic E-state index is -0.280. The number of Topliss-reactive ketones (excluding diaryl/α,β-unsaturated/α-hetero) is 2. The molecule has 3 atom stereocenters. The van der Waals surface area contributed by atoms with E-state index in [1.807, 2.05) is 91.9 Å². The zero-order valence-corrected chi connectivity index (χ0v) is 15.3. The van der Waals surface area contributed by atoms with Crippen LogP contribution in [0.4, 0.5) is 0 Å². The maximum Gasteiger partial charge on any atom is 0.167 e. The quantitative estimate of drug-likeness (QED) is 0.579. The fourth-order valence-electron chi connectivity index (χ4n) is 4.33. The Balaban J connectivity index is 1.73. The van der Waals surface area contributed by atoms with E-state index < -0.39 is 0 Å². The Labute approximate surface area is 159 Å². The monoisotopic (exact) mass is 354 g/mol.